The van der Waals surface area contributed by atoms with Gasteiger partial charge in [0, 0.05) is 6.07 Å². The molecule has 0 aliphatic carbocycles. The fourth-order valence-electron chi connectivity index (χ4n) is 2.45. The van der Waals surface area contributed by atoms with Gasteiger partial charge in [-0.1, -0.05) is 12.1 Å². The van der Waals surface area contributed by atoms with Crippen LogP contribution in [0.5, 0.6) is 5.75 Å². The van der Waals surface area contributed by atoms with Crippen molar-refractivity contribution in [3.05, 3.63) is 64.7 Å². The molecule has 0 saturated carbocycles. The fraction of sp³-hybridized carbons (Fsp3) is 0.250. The highest BCUT2D eigenvalue weighted by Gasteiger charge is 2.17. The maximum Gasteiger partial charge on any atom is 0.126 e. The molecule has 0 N–H and O–H groups in total. The first kappa shape index (κ1) is 13.4. The van der Waals surface area contributed by atoms with Crippen molar-refractivity contribution in [1.29, 1.82) is 0 Å². The van der Waals surface area contributed by atoms with E-state index in [1.165, 1.54) is 12.1 Å². The number of benzene rings is 2. The van der Waals surface area contributed by atoms with Gasteiger partial charge in [-0.25, -0.2) is 8.78 Å². The van der Waals surface area contributed by atoms with Crippen molar-refractivity contribution < 1.29 is 13.5 Å². The van der Waals surface area contributed by atoms with Crippen molar-refractivity contribution in [3.8, 4) is 5.75 Å². The van der Waals surface area contributed by atoms with Crippen LogP contribution in [0.2, 0.25) is 0 Å². The van der Waals surface area contributed by atoms with Crippen LogP contribution in [0.15, 0.2) is 36.4 Å². The zero-order valence-electron chi connectivity index (χ0n) is 10.7. The minimum atomic E-state index is -0.619. The maximum absolute atomic E-state index is 13.3. The highest BCUT2D eigenvalue weighted by Crippen LogP contribution is 2.34. The molecule has 1 nitrogen and oxygen atoms in total. The van der Waals surface area contributed by atoms with Crippen molar-refractivity contribution in [2.45, 2.75) is 18.2 Å². The van der Waals surface area contributed by atoms with Crippen molar-refractivity contribution in [2.24, 2.45) is 0 Å². The lowest BCUT2D eigenvalue weighted by atomic mass is 9.98. The second-order valence-electron chi connectivity index (χ2n) is 4.88. The summed E-state index contributed by atoms with van der Waals surface area (Å²) in [5.74, 6) is -0.367. The van der Waals surface area contributed by atoms with Gasteiger partial charge >= 0.3 is 0 Å². The van der Waals surface area contributed by atoms with Crippen LogP contribution in [-0.4, -0.2) is 6.61 Å². The second kappa shape index (κ2) is 5.41. The lowest BCUT2D eigenvalue weighted by Gasteiger charge is -2.19. The molecule has 4 heteroatoms. The molecular formula is C16H13ClF2O. The van der Waals surface area contributed by atoms with Crippen LogP contribution >= 0.6 is 11.6 Å². The Bertz CT molecular complexity index is 622. The average Bonchev–Trinajstić information content (AvgIpc) is 2.45. The number of hydrogen-bond acceptors (Lipinski definition) is 1. The number of halogens is 3. The van der Waals surface area contributed by atoms with Gasteiger partial charge in [-0.05, 0) is 47.7 Å². The monoisotopic (exact) mass is 294 g/mol. The summed E-state index contributed by atoms with van der Waals surface area (Å²) in [4.78, 5) is 0. The predicted octanol–water partition coefficient (Wildman–Crippen LogP) is 4.62. The third kappa shape index (κ3) is 2.63. The summed E-state index contributed by atoms with van der Waals surface area (Å²) in [5.41, 5.74) is 2.33. The minimum absolute atomic E-state index is 0.417. The van der Waals surface area contributed by atoms with Crippen molar-refractivity contribution in [3.63, 3.8) is 0 Å². The molecule has 0 amide bonds. The van der Waals surface area contributed by atoms with Crippen molar-refractivity contribution >= 4 is 11.6 Å². The third-order valence-electron chi connectivity index (χ3n) is 3.40. The molecule has 1 aliphatic rings. The molecule has 1 aliphatic heterocycles. The smallest absolute Gasteiger partial charge is 0.126 e. The Morgan fingerprint density at radius 2 is 1.75 bits per heavy atom. The molecule has 0 radical (unpaired) electrons. The number of ether oxygens (including phenoxy) is 1. The fourth-order valence-corrected chi connectivity index (χ4v) is 2.71. The molecule has 1 unspecified atom stereocenters. The van der Waals surface area contributed by atoms with Crippen molar-refractivity contribution in [2.75, 3.05) is 6.61 Å². The molecule has 0 bridgehead atoms. The van der Waals surface area contributed by atoms with E-state index in [1.807, 2.05) is 18.2 Å². The normalized spacial score (nSPS) is 15.3. The van der Waals surface area contributed by atoms with Gasteiger partial charge in [0.2, 0.25) is 0 Å². The van der Waals surface area contributed by atoms with Crippen LogP contribution in [0.3, 0.4) is 0 Å². The number of aryl methyl sites for hydroxylation is 1. The van der Waals surface area contributed by atoms with E-state index in [-0.39, 0.29) is 0 Å². The lowest BCUT2D eigenvalue weighted by Crippen LogP contribution is -2.09. The van der Waals surface area contributed by atoms with Crippen LogP contribution in [0.4, 0.5) is 8.78 Å². The molecule has 20 heavy (non-hydrogen) atoms. The minimum Gasteiger partial charge on any atom is -0.493 e. The van der Waals surface area contributed by atoms with Crippen LogP contribution in [0, 0.1) is 11.6 Å². The number of hydrogen-bond donors (Lipinski definition) is 0. The second-order valence-corrected chi connectivity index (χ2v) is 5.32. The average molecular weight is 295 g/mol. The topological polar surface area (TPSA) is 9.23 Å². The molecule has 1 atom stereocenters. The van der Waals surface area contributed by atoms with Gasteiger partial charge in [-0.2, -0.15) is 0 Å². The van der Waals surface area contributed by atoms with E-state index >= 15 is 0 Å². The van der Waals surface area contributed by atoms with E-state index in [0.717, 1.165) is 42.4 Å². The Labute approximate surface area is 121 Å². The lowest BCUT2D eigenvalue weighted by molar-refractivity contribution is 0.288. The van der Waals surface area contributed by atoms with E-state index in [0.29, 0.717) is 5.56 Å². The van der Waals surface area contributed by atoms with Gasteiger partial charge in [-0.15, -0.1) is 11.6 Å². The molecule has 104 valence electrons. The number of rotatable bonds is 2. The highest BCUT2D eigenvalue weighted by atomic mass is 35.5. The van der Waals surface area contributed by atoms with E-state index in [9.17, 15) is 8.78 Å². The first-order chi connectivity index (χ1) is 9.63. The SMILES string of the molecule is Fc1cc(F)cc(C(Cl)c2ccc3c(c2)CCCO3)c1. The Morgan fingerprint density at radius 3 is 2.50 bits per heavy atom. The summed E-state index contributed by atoms with van der Waals surface area (Å²) in [6, 6.07) is 9.02. The molecule has 3 rings (SSSR count). The largest absolute Gasteiger partial charge is 0.493 e. The Kier molecular flexibility index (Phi) is 3.62. The molecule has 0 saturated heterocycles. The summed E-state index contributed by atoms with van der Waals surface area (Å²) < 4.78 is 32.1. The molecule has 0 fully saturated rings. The number of fused-ring (bicyclic) bond motifs is 1. The maximum atomic E-state index is 13.3. The first-order valence-corrected chi connectivity index (χ1v) is 6.93. The standard InChI is InChI=1S/C16H13ClF2O/c17-16(12-7-13(18)9-14(19)8-12)11-3-4-15-10(6-11)2-1-5-20-15/h3-4,6-9,16H,1-2,5H2. The highest BCUT2D eigenvalue weighted by molar-refractivity contribution is 6.22. The van der Waals surface area contributed by atoms with E-state index in [1.54, 1.807) is 0 Å². The van der Waals surface area contributed by atoms with Gasteiger partial charge < -0.3 is 4.74 Å². The molecule has 2 aromatic carbocycles. The Hall–Kier alpha value is -1.61. The first-order valence-electron chi connectivity index (χ1n) is 6.49. The zero-order chi connectivity index (χ0) is 14.1. The van der Waals surface area contributed by atoms with E-state index in [2.05, 4.69) is 0 Å². The van der Waals surface area contributed by atoms with Crippen LogP contribution in [0.1, 0.15) is 28.5 Å². The Balaban J connectivity index is 1.95. The van der Waals surface area contributed by atoms with Crippen molar-refractivity contribution in [1.82, 2.24) is 0 Å². The van der Waals surface area contributed by atoms with Crippen LogP contribution in [-0.2, 0) is 6.42 Å². The molecule has 0 spiro atoms. The van der Waals surface area contributed by atoms with Gasteiger partial charge in [-0.3, -0.25) is 0 Å². The summed E-state index contributed by atoms with van der Waals surface area (Å²) in [5, 5.41) is -0.576. The molecule has 0 aromatic heterocycles. The summed E-state index contributed by atoms with van der Waals surface area (Å²) in [6.07, 6.45) is 1.91. The van der Waals surface area contributed by atoms with Gasteiger partial charge in [0.25, 0.3) is 0 Å². The Morgan fingerprint density at radius 1 is 1.00 bits per heavy atom. The van der Waals surface area contributed by atoms with Gasteiger partial charge in [0.05, 0.1) is 12.0 Å². The molecular weight excluding hydrogens is 282 g/mol. The third-order valence-corrected chi connectivity index (χ3v) is 3.91. The van der Waals surface area contributed by atoms with Gasteiger partial charge in [0.15, 0.2) is 0 Å². The van der Waals surface area contributed by atoms with Crippen LogP contribution in [0.25, 0.3) is 0 Å². The summed E-state index contributed by atoms with van der Waals surface area (Å²) >= 11 is 6.34. The molecule has 1 heterocycles. The molecule has 2 aromatic rings. The summed E-state index contributed by atoms with van der Waals surface area (Å²) in [7, 11) is 0. The predicted molar refractivity (Wildman–Crippen MR) is 74.3 cm³/mol. The van der Waals surface area contributed by atoms with Crippen LogP contribution < -0.4 is 4.74 Å². The zero-order valence-corrected chi connectivity index (χ0v) is 11.5. The number of alkyl halides is 1. The van der Waals surface area contributed by atoms with E-state index in [4.69, 9.17) is 16.3 Å². The van der Waals surface area contributed by atoms with E-state index < -0.39 is 17.0 Å². The van der Waals surface area contributed by atoms with Gasteiger partial charge in [0.1, 0.15) is 17.4 Å². The summed E-state index contributed by atoms with van der Waals surface area (Å²) in [6.45, 7) is 0.728. The quantitative estimate of drug-likeness (QED) is 0.735.